The highest BCUT2D eigenvalue weighted by Gasteiger charge is 2.55. The standard InChI is InChI=1S/C18H25N7O9S2/c1-18(2,16(29)30)34-24-11(9-6-35-17(20)22-9)14(27)23-12-10(25(15(12)28)36(31,32)33)4-7-3-8(5-19)21-13(7)26/h6-8,10,12H,3-5,19H2,1-2H3,(H2,20,22)(H,21,26)(H,23,27)(H,29,30)(H,31,32,33)/b24-11-/t7-,8?,10+,12-/m0/s1. The molecule has 8 N–H and O–H groups in total. The Morgan fingerprint density at radius 1 is 1.42 bits per heavy atom. The fraction of sp³-hybridized carbons (Fsp3) is 0.556. The first kappa shape index (κ1) is 27.2. The van der Waals surface area contributed by atoms with E-state index in [-0.39, 0.29) is 40.6 Å². The van der Waals surface area contributed by atoms with Crippen molar-refractivity contribution in [3.05, 3.63) is 11.1 Å². The van der Waals surface area contributed by atoms with Gasteiger partial charge in [-0.25, -0.2) is 14.1 Å². The third-order valence-corrected chi connectivity index (χ3v) is 7.28. The molecule has 0 saturated carbocycles. The molecule has 3 heterocycles. The van der Waals surface area contributed by atoms with Crippen LogP contribution in [0.5, 0.6) is 0 Å². The van der Waals surface area contributed by atoms with Gasteiger partial charge in [0.25, 0.3) is 11.8 Å². The van der Waals surface area contributed by atoms with Gasteiger partial charge in [0, 0.05) is 23.9 Å². The summed E-state index contributed by atoms with van der Waals surface area (Å²) in [5, 5.41) is 19.2. The summed E-state index contributed by atoms with van der Waals surface area (Å²) in [6.45, 7) is 2.51. The number of carbonyl (C=O) groups excluding carboxylic acids is 3. The lowest BCUT2D eigenvalue weighted by atomic mass is 9.87. The Labute approximate surface area is 208 Å². The highest BCUT2D eigenvalue weighted by atomic mass is 32.2. The Bertz CT molecular complexity index is 1210. The molecule has 1 aromatic heterocycles. The number of hydrogen-bond acceptors (Lipinski definition) is 12. The maximum atomic E-state index is 13.1. The van der Waals surface area contributed by atoms with E-state index in [9.17, 15) is 37.3 Å². The lowest BCUT2D eigenvalue weighted by Gasteiger charge is -2.45. The van der Waals surface area contributed by atoms with Crippen LogP contribution in [0.2, 0.25) is 0 Å². The summed E-state index contributed by atoms with van der Waals surface area (Å²) in [6, 6.07) is -3.09. The van der Waals surface area contributed by atoms with Gasteiger partial charge in [-0.3, -0.25) is 18.9 Å². The molecule has 2 saturated heterocycles. The fourth-order valence-electron chi connectivity index (χ4n) is 3.68. The molecule has 0 bridgehead atoms. The minimum Gasteiger partial charge on any atom is -0.478 e. The van der Waals surface area contributed by atoms with E-state index in [0.717, 1.165) is 11.3 Å². The van der Waals surface area contributed by atoms with E-state index in [2.05, 4.69) is 20.8 Å². The Balaban J connectivity index is 1.86. The molecule has 2 fully saturated rings. The summed E-state index contributed by atoms with van der Waals surface area (Å²) in [5.41, 5.74) is 8.72. The summed E-state index contributed by atoms with van der Waals surface area (Å²) in [7, 11) is -4.99. The largest absolute Gasteiger partial charge is 0.478 e. The maximum Gasteiger partial charge on any atom is 0.362 e. The van der Waals surface area contributed by atoms with Crippen LogP contribution in [0.25, 0.3) is 0 Å². The highest BCUT2D eigenvalue weighted by Crippen LogP contribution is 2.32. The summed E-state index contributed by atoms with van der Waals surface area (Å²) < 4.78 is 33.3. The smallest absolute Gasteiger partial charge is 0.362 e. The van der Waals surface area contributed by atoms with E-state index >= 15 is 0 Å². The molecule has 0 aromatic carbocycles. The van der Waals surface area contributed by atoms with E-state index in [1.807, 2.05) is 0 Å². The summed E-state index contributed by atoms with van der Waals surface area (Å²) in [6.07, 6.45) is 0.0698. The molecule has 36 heavy (non-hydrogen) atoms. The molecule has 1 unspecified atom stereocenters. The number of oxime groups is 1. The van der Waals surface area contributed by atoms with Crippen molar-refractivity contribution in [3.63, 3.8) is 0 Å². The van der Waals surface area contributed by atoms with Crippen molar-refractivity contribution in [2.75, 3.05) is 12.3 Å². The van der Waals surface area contributed by atoms with Crippen LogP contribution in [0, 0.1) is 5.92 Å². The number of aromatic nitrogens is 1. The molecule has 18 heteroatoms. The van der Waals surface area contributed by atoms with Crippen LogP contribution < -0.4 is 22.1 Å². The quantitative estimate of drug-likeness (QED) is 0.0779. The van der Waals surface area contributed by atoms with Crippen LogP contribution in [0.1, 0.15) is 32.4 Å². The van der Waals surface area contributed by atoms with Crippen LogP contribution in [-0.4, -0.2) is 87.0 Å². The van der Waals surface area contributed by atoms with Crippen molar-refractivity contribution in [2.24, 2.45) is 16.8 Å². The zero-order valence-electron chi connectivity index (χ0n) is 19.1. The van der Waals surface area contributed by atoms with Gasteiger partial charge in [0.15, 0.2) is 10.8 Å². The topological polar surface area (TPSA) is 257 Å². The van der Waals surface area contributed by atoms with Crippen LogP contribution in [-0.2, 0) is 34.3 Å². The molecule has 3 amide bonds. The van der Waals surface area contributed by atoms with Gasteiger partial charge in [0.1, 0.15) is 11.7 Å². The summed E-state index contributed by atoms with van der Waals surface area (Å²) in [4.78, 5) is 58.1. The van der Waals surface area contributed by atoms with Gasteiger partial charge in [-0.2, -0.15) is 8.42 Å². The SMILES string of the molecule is CC(C)(O/N=C(\C(=O)N[C@@H]1C(=O)N(S(=O)(=O)O)[C@@H]1C[C@@H]1CC(CN)NC1=O)c1csc(N)n1)C(=O)O. The zero-order valence-corrected chi connectivity index (χ0v) is 20.7. The van der Waals surface area contributed by atoms with Gasteiger partial charge >= 0.3 is 16.3 Å². The van der Waals surface area contributed by atoms with Crippen molar-refractivity contribution in [1.29, 1.82) is 0 Å². The average molecular weight is 548 g/mol. The van der Waals surface area contributed by atoms with Gasteiger partial charge in [-0.05, 0) is 26.7 Å². The predicted molar refractivity (Wildman–Crippen MR) is 124 cm³/mol. The molecule has 3 rings (SSSR count). The second-order valence-electron chi connectivity index (χ2n) is 8.66. The number of β-lactam (4-membered cyclic amide) rings is 1. The van der Waals surface area contributed by atoms with Gasteiger partial charge < -0.3 is 32.0 Å². The van der Waals surface area contributed by atoms with Crippen LogP contribution in [0.15, 0.2) is 10.5 Å². The number of rotatable bonds is 10. The Kier molecular flexibility index (Phi) is 7.53. The molecule has 4 atom stereocenters. The molecule has 0 aliphatic carbocycles. The minimum atomic E-state index is -4.99. The molecule has 0 radical (unpaired) electrons. The van der Waals surface area contributed by atoms with Crippen molar-refractivity contribution < 1.29 is 42.1 Å². The summed E-state index contributed by atoms with van der Waals surface area (Å²) >= 11 is 0.949. The number of amides is 3. The molecular weight excluding hydrogens is 522 g/mol. The number of nitrogen functional groups attached to an aromatic ring is 1. The van der Waals surface area contributed by atoms with Gasteiger partial charge in [0.2, 0.25) is 11.5 Å². The molecule has 2 aliphatic heterocycles. The lowest BCUT2D eigenvalue weighted by molar-refractivity contribution is -0.161. The number of carboxylic acid groups (broad SMARTS) is 1. The number of thiazole rings is 1. The van der Waals surface area contributed by atoms with E-state index in [1.54, 1.807) is 0 Å². The summed E-state index contributed by atoms with van der Waals surface area (Å²) in [5.74, 6) is -4.72. The number of nitrogens with two attached hydrogens (primary N) is 2. The second kappa shape index (κ2) is 9.96. The Morgan fingerprint density at radius 3 is 2.58 bits per heavy atom. The van der Waals surface area contributed by atoms with E-state index in [0.29, 0.717) is 0 Å². The lowest BCUT2D eigenvalue weighted by Crippen LogP contribution is -2.72. The third kappa shape index (κ3) is 5.55. The first-order valence-electron chi connectivity index (χ1n) is 10.5. The monoisotopic (exact) mass is 547 g/mol. The molecular formula is C18H25N7O9S2. The molecule has 0 spiro atoms. The molecule has 16 nitrogen and oxygen atoms in total. The van der Waals surface area contributed by atoms with Crippen molar-refractivity contribution in [2.45, 2.75) is 50.4 Å². The number of aliphatic carboxylic acids is 1. The van der Waals surface area contributed by atoms with Crippen LogP contribution >= 0.6 is 11.3 Å². The number of nitrogens with zero attached hydrogens (tertiary/aromatic N) is 3. The first-order chi connectivity index (χ1) is 16.7. The van der Waals surface area contributed by atoms with Crippen molar-refractivity contribution in [1.82, 2.24) is 19.9 Å². The number of anilines is 1. The predicted octanol–water partition coefficient (Wildman–Crippen LogP) is -2.34. The van der Waals surface area contributed by atoms with Crippen molar-refractivity contribution in [3.8, 4) is 0 Å². The van der Waals surface area contributed by atoms with Crippen LogP contribution in [0.3, 0.4) is 0 Å². The van der Waals surface area contributed by atoms with E-state index in [4.69, 9.17) is 16.3 Å². The number of hydrogen-bond donors (Lipinski definition) is 6. The fourth-order valence-corrected chi connectivity index (χ4v) is 5.12. The number of carboxylic acids is 1. The zero-order chi connectivity index (χ0) is 27.0. The van der Waals surface area contributed by atoms with Crippen LogP contribution in [0.4, 0.5) is 5.13 Å². The van der Waals surface area contributed by atoms with Gasteiger partial charge in [-0.1, -0.05) is 5.16 Å². The van der Waals surface area contributed by atoms with Gasteiger partial charge in [-0.15, -0.1) is 11.3 Å². The maximum absolute atomic E-state index is 13.1. The second-order valence-corrected chi connectivity index (χ2v) is 10.8. The Morgan fingerprint density at radius 2 is 2.08 bits per heavy atom. The average Bonchev–Trinajstić information content (AvgIpc) is 3.35. The highest BCUT2D eigenvalue weighted by molar-refractivity contribution is 7.84. The normalized spacial score (nSPS) is 24.8. The minimum absolute atomic E-state index is 0.0554. The molecule has 1 aromatic rings. The van der Waals surface area contributed by atoms with E-state index < -0.39 is 63.3 Å². The Hall–Kier alpha value is -3.35. The van der Waals surface area contributed by atoms with Gasteiger partial charge in [0.05, 0.1) is 6.04 Å². The third-order valence-electron chi connectivity index (χ3n) is 5.66. The molecule has 198 valence electrons. The first-order valence-corrected chi connectivity index (χ1v) is 12.8. The number of carbonyl (C=O) groups is 4. The van der Waals surface area contributed by atoms with Crippen molar-refractivity contribution >= 4 is 56.2 Å². The van der Waals surface area contributed by atoms with E-state index in [1.165, 1.54) is 19.2 Å². The number of nitrogens with one attached hydrogen (secondary N) is 2. The molecule has 2 aliphatic rings.